The molecule has 70 heavy (non-hydrogen) atoms. The number of para-hydroxylation sites is 5. The molecule has 0 radical (unpaired) electrons. The van der Waals surface area contributed by atoms with Crippen LogP contribution in [-0.2, 0) is 0 Å². The Labute approximate surface area is 409 Å². The summed E-state index contributed by atoms with van der Waals surface area (Å²) < 4.78 is 2.44. The van der Waals surface area contributed by atoms with Gasteiger partial charge in [0.15, 0.2) is 0 Å². The molecule has 1 aromatic heterocycles. The van der Waals surface area contributed by atoms with E-state index >= 15 is 0 Å². The van der Waals surface area contributed by atoms with Gasteiger partial charge in [-0.3, -0.25) is 0 Å². The molecule has 0 bridgehead atoms. The van der Waals surface area contributed by atoms with Crippen LogP contribution in [0.3, 0.4) is 0 Å². The maximum atomic E-state index is 2.44. The van der Waals surface area contributed by atoms with Crippen LogP contribution in [-0.4, -0.2) is 4.57 Å². The minimum Gasteiger partial charge on any atom is -0.310 e. The molecule has 332 valence electrons. The summed E-state index contributed by atoms with van der Waals surface area (Å²) in [5, 5.41) is 2.34. The Kier molecular flexibility index (Phi) is 11.2. The standard InChI is InChI=1S/C66H48N4/c1-7-21-49(22-8-1)51-35-39-57(40-36-51)67(58-41-37-52(38-42-58)50-23-9-2-10-24-50)59-43-44-66-64(48-59)63-33-19-20-34-65(63)70(66)62-46-60(68(53-25-11-3-12-26-53)54-27-13-4-14-28-54)45-61(47-62)69(55-29-15-5-16-30-55)56-31-17-6-18-32-56/h1-48H. The van der Waals surface area contributed by atoms with Gasteiger partial charge in [-0.2, -0.15) is 0 Å². The fourth-order valence-electron chi connectivity index (χ4n) is 9.86. The molecular formula is C66H48N4. The highest BCUT2D eigenvalue weighted by molar-refractivity contribution is 6.11. The second kappa shape index (κ2) is 18.7. The zero-order valence-corrected chi connectivity index (χ0v) is 38.5. The lowest BCUT2D eigenvalue weighted by molar-refractivity contribution is 1.16. The van der Waals surface area contributed by atoms with Crippen LogP contribution in [0.25, 0.3) is 49.7 Å². The van der Waals surface area contributed by atoms with Crippen LogP contribution in [0.15, 0.2) is 291 Å². The number of nitrogens with zero attached hydrogens (tertiary/aromatic N) is 4. The fraction of sp³-hybridized carbons (Fsp3) is 0. The van der Waals surface area contributed by atoms with Gasteiger partial charge in [-0.05, 0) is 138 Å². The zero-order chi connectivity index (χ0) is 46.6. The first-order valence-electron chi connectivity index (χ1n) is 23.8. The Balaban J connectivity index is 1.07. The number of rotatable bonds is 12. The minimum atomic E-state index is 1.04. The van der Waals surface area contributed by atoms with Crippen molar-refractivity contribution in [2.45, 2.75) is 0 Å². The first-order chi connectivity index (χ1) is 34.7. The van der Waals surface area contributed by atoms with E-state index in [0.29, 0.717) is 0 Å². The smallest absolute Gasteiger partial charge is 0.0542 e. The lowest BCUT2D eigenvalue weighted by atomic mass is 10.0. The molecule has 1 heterocycles. The van der Waals surface area contributed by atoms with E-state index in [1.807, 2.05) is 0 Å². The van der Waals surface area contributed by atoms with Gasteiger partial charge in [0.05, 0.1) is 28.1 Å². The van der Waals surface area contributed by atoms with Crippen molar-refractivity contribution in [3.05, 3.63) is 291 Å². The van der Waals surface area contributed by atoms with Crippen LogP contribution in [0.5, 0.6) is 0 Å². The van der Waals surface area contributed by atoms with Crippen LogP contribution >= 0.6 is 0 Å². The molecule has 4 heteroatoms. The van der Waals surface area contributed by atoms with Crippen LogP contribution in [0.1, 0.15) is 0 Å². The van der Waals surface area contributed by atoms with Crippen molar-refractivity contribution in [2.24, 2.45) is 0 Å². The third-order valence-electron chi connectivity index (χ3n) is 13.1. The number of hydrogen-bond acceptors (Lipinski definition) is 3. The lowest BCUT2D eigenvalue weighted by Gasteiger charge is -2.30. The van der Waals surface area contributed by atoms with Crippen molar-refractivity contribution >= 4 is 73.0 Å². The quantitative estimate of drug-likeness (QED) is 0.121. The number of aromatic nitrogens is 1. The molecule has 0 spiro atoms. The molecule has 0 saturated carbocycles. The van der Waals surface area contributed by atoms with Crippen molar-refractivity contribution < 1.29 is 0 Å². The zero-order valence-electron chi connectivity index (χ0n) is 38.5. The minimum absolute atomic E-state index is 1.04. The van der Waals surface area contributed by atoms with E-state index < -0.39 is 0 Å². The molecule has 12 rings (SSSR count). The molecule has 0 aliphatic heterocycles. The van der Waals surface area contributed by atoms with Gasteiger partial charge in [-0.1, -0.05) is 176 Å². The van der Waals surface area contributed by atoms with Gasteiger partial charge in [0.2, 0.25) is 0 Å². The second-order valence-corrected chi connectivity index (χ2v) is 17.4. The second-order valence-electron chi connectivity index (χ2n) is 17.4. The summed E-state index contributed by atoms with van der Waals surface area (Å²) in [6.45, 7) is 0. The summed E-state index contributed by atoms with van der Waals surface area (Å²) >= 11 is 0. The maximum absolute atomic E-state index is 2.44. The summed E-state index contributed by atoms with van der Waals surface area (Å²) in [6, 6.07) is 104. The molecule has 0 unspecified atom stereocenters. The van der Waals surface area contributed by atoms with Gasteiger partial charge >= 0.3 is 0 Å². The summed E-state index contributed by atoms with van der Waals surface area (Å²) in [4.78, 5) is 7.09. The third kappa shape index (κ3) is 8.14. The largest absolute Gasteiger partial charge is 0.310 e. The summed E-state index contributed by atoms with van der Waals surface area (Å²) in [7, 11) is 0. The Morgan fingerprint density at radius 2 is 0.514 bits per heavy atom. The van der Waals surface area contributed by atoms with Gasteiger partial charge in [0.25, 0.3) is 0 Å². The predicted octanol–water partition coefficient (Wildman–Crippen LogP) is 18.5. The van der Waals surface area contributed by atoms with Crippen molar-refractivity contribution in [1.29, 1.82) is 0 Å². The summed E-state index contributed by atoms with van der Waals surface area (Å²) in [6.07, 6.45) is 0. The summed E-state index contributed by atoms with van der Waals surface area (Å²) in [5.41, 5.74) is 17.6. The van der Waals surface area contributed by atoms with E-state index in [-0.39, 0.29) is 0 Å². The van der Waals surface area contributed by atoms with Gasteiger partial charge in [0.1, 0.15) is 0 Å². The number of hydrogen-bond donors (Lipinski definition) is 0. The first-order valence-corrected chi connectivity index (χ1v) is 23.8. The van der Waals surface area contributed by atoms with Crippen molar-refractivity contribution in [2.75, 3.05) is 14.7 Å². The van der Waals surface area contributed by atoms with E-state index in [9.17, 15) is 0 Å². The van der Waals surface area contributed by atoms with Gasteiger partial charge in [-0.25, -0.2) is 0 Å². The molecule has 4 nitrogen and oxygen atoms in total. The van der Waals surface area contributed by atoms with Crippen molar-refractivity contribution in [1.82, 2.24) is 4.57 Å². The average Bonchev–Trinajstić information content (AvgIpc) is 3.77. The average molecular weight is 897 g/mol. The molecular weight excluding hydrogens is 849 g/mol. The normalized spacial score (nSPS) is 11.1. The van der Waals surface area contributed by atoms with Crippen molar-refractivity contribution in [3.8, 4) is 27.9 Å². The Hall–Kier alpha value is -9.38. The SMILES string of the molecule is c1ccc(-c2ccc(N(c3ccc(-c4ccccc4)cc3)c3ccc4c(c3)c3ccccc3n4-c3cc(N(c4ccccc4)c4ccccc4)cc(N(c4ccccc4)c4ccccc4)c3)cc2)cc1. The topological polar surface area (TPSA) is 14.7 Å². The van der Waals surface area contributed by atoms with E-state index in [0.717, 1.165) is 73.3 Å². The highest BCUT2D eigenvalue weighted by Gasteiger charge is 2.22. The Morgan fingerprint density at radius 3 is 0.943 bits per heavy atom. The van der Waals surface area contributed by atoms with E-state index in [1.165, 1.54) is 27.6 Å². The number of benzene rings is 11. The lowest BCUT2D eigenvalue weighted by Crippen LogP contribution is -2.14. The van der Waals surface area contributed by atoms with Gasteiger partial charge in [0, 0.05) is 50.6 Å². The van der Waals surface area contributed by atoms with Crippen molar-refractivity contribution in [3.63, 3.8) is 0 Å². The van der Waals surface area contributed by atoms with Crippen LogP contribution in [0.2, 0.25) is 0 Å². The number of anilines is 9. The Morgan fingerprint density at radius 1 is 0.200 bits per heavy atom. The van der Waals surface area contributed by atoms with E-state index in [1.54, 1.807) is 0 Å². The van der Waals surface area contributed by atoms with Crippen LogP contribution in [0.4, 0.5) is 51.2 Å². The first kappa shape index (κ1) is 42.0. The highest BCUT2D eigenvalue weighted by Crippen LogP contribution is 2.45. The van der Waals surface area contributed by atoms with Gasteiger partial charge in [-0.15, -0.1) is 0 Å². The predicted molar refractivity (Wildman–Crippen MR) is 296 cm³/mol. The van der Waals surface area contributed by atoms with E-state index in [2.05, 4.69) is 310 Å². The molecule has 0 atom stereocenters. The van der Waals surface area contributed by atoms with E-state index in [4.69, 9.17) is 0 Å². The molecule has 12 aromatic rings. The molecule has 0 aliphatic carbocycles. The molecule has 0 fully saturated rings. The van der Waals surface area contributed by atoms with Crippen LogP contribution < -0.4 is 14.7 Å². The molecule has 0 N–H and O–H groups in total. The molecule has 0 saturated heterocycles. The molecule has 11 aromatic carbocycles. The van der Waals surface area contributed by atoms with Crippen LogP contribution in [0, 0.1) is 0 Å². The van der Waals surface area contributed by atoms with Gasteiger partial charge < -0.3 is 19.3 Å². The fourth-order valence-corrected chi connectivity index (χ4v) is 9.86. The molecule has 0 aliphatic rings. The maximum Gasteiger partial charge on any atom is 0.0542 e. The Bertz CT molecular complexity index is 3410. The monoisotopic (exact) mass is 896 g/mol. The number of fused-ring (bicyclic) bond motifs is 3. The summed E-state index contributed by atoms with van der Waals surface area (Å²) in [5.74, 6) is 0. The third-order valence-corrected chi connectivity index (χ3v) is 13.1. The highest BCUT2D eigenvalue weighted by atomic mass is 15.2. The molecule has 0 amide bonds.